The molecule has 2 heterocycles. The Morgan fingerprint density at radius 2 is 2.04 bits per heavy atom. The van der Waals surface area contributed by atoms with Gasteiger partial charge in [0.2, 0.25) is 10.0 Å². The molecular weight excluding hydrogens is 341 g/mol. The Bertz CT molecular complexity index is 1010. The number of H-pyrrole nitrogens is 1. The molecular formula is C18H18FN3O2S. The number of sulfonamides is 1. The molecule has 4 rings (SSSR count). The average Bonchev–Trinajstić information content (AvgIpc) is 3.23. The molecule has 1 aromatic heterocycles. The number of rotatable bonds is 3. The molecule has 1 aliphatic heterocycles. The standard InChI is InChI=1S/C18H18FN3O2S/c1-12-8-9-13(19)17(11-12)25(23,24)22-10-4-7-16(22)18-20-14-5-2-3-6-15(14)21-18/h2-3,5-6,8-9,11,16H,4,7,10H2,1H3,(H,20,21)/t16-/m1/s1. The molecule has 5 nitrogen and oxygen atoms in total. The van der Waals surface area contributed by atoms with Crippen molar-refractivity contribution in [3.63, 3.8) is 0 Å². The molecule has 1 N–H and O–H groups in total. The molecule has 7 heteroatoms. The lowest BCUT2D eigenvalue weighted by Gasteiger charge is -2.23. The lowest BCUT2D eigenvalue weighted by Crippen LogP contribution is -2.31. The number of nitrogens with one attached hydrogen (secondary N) is 1. The molecule has 1 atom stereocenters. The van der Waals surface area contributed by atoms with Crippen molar-refractivity contribution in [3.8, 4) is 0 Å². The second kappa shape index (κ2) is 5.93. The molecule has 0 unspecified atom stereocenters. The molecule has 0 bridgehead atoms. The van der Waals surface area contributed by atoms with Gasteiger partial charge in [-0.3, -0.25) is 0 Å². The third-order valence-electron chi connectivity index (χ3n) is 4.60. The van der Waals surface area contributed by atoms with Crippen molar-refractivity contribution in [2.45, 2.75) is 30.7 Å². The quantitative estimate of drug-likeness (QED) is 0.778. The summed E-state index contributed by atoms with van der Waals surface area (Å²) < 4.78 is 41.7. The van der Waals surface area contributed by atoms with E-state index in [9.17, 15) is 12.8 Å². The van der Waals surface area contributed by atoms with E-state index in [1.54, 1.807) is 13.0 Å². The van der Waals surface area contributed by atoms with Gasteiger partial charge in [0.05, 0.1) is 17.1 Å². The number of halogens is 1. The Hall–Kier alpha value is -2.25. The normalized spacial score (nSPS) is 18.9. The third-order valence-corrected chi connectivity index (χ3v) is 6.52. The predicted molar refractivity (Wildman–Crippen MR) is 93.1 cm³/mol. The first-order chi connectivity index (χ1) is 12.0. The highest BCUT2D eigenvalue weighted by molar-refractivity contribution is 7.89. The third kappa shape index (κ3) is 2.73. The number of benzene rings is 2. The van der Waals surface area contributed by atoms with Gasteiger partial charge in [0, 0.05) is 6.54 Å². The van der Waals surface area contributed by atoms with Gasteiger partial charge >= 0.3 is 0 Å². The smallest absolute Gasteiger partial charge is 0.246 e. The number of nitrogens with zero attached hydrogens (tertiary/aromatic N) is 2. The zero-order chi connectivity index (χ0) is 17.6. The molecule has 0 spiro atoms. The summed E-state index contributed by atoms with van der Waals surface area (Å²) in [4.78, 5) is 7.47. The molecule has 3 aromatic rings. The van der Waals surface area contributed by atoms with Crippen LogP contribution in [-0.4, -0.2) is 29.2 Å². The van der Waals surface area contributed by atoms with Crippen molar-refractivity contribution in [2.75, 3.05) is 6.54 Å². The monoisotopic (exact) mass is 359 g/mol. The number of aromatic amines is 1. The molecule has 1 aliphatic rings. The Morgan fingerprint density at radius 1 is 1.24 bits per heavy atom. The Morgan fingerprint density at radius 3 is 2.84 bits per heavy atom. The first kappa shape index (κ1) is 16.2. The van der Waals surface area contributed by atoms with E-state index in [-0.39, 0.29) is 4.90 Å². The highest BCUT2D eigenvalue weighted by atomic mass is 32.2. The molecule has 1 fully saturated rings. The van der Waals surface area contributed by atoms with Gasteiger partial charge < -0.3 is 4.98 Å². The van der Waals surface area contributed by atoms with Gasteiger partial charge in [-0.15, -0.1) is 0 Å². The minimum absolute atomic E-state index is 0.268. The van der Waals surface area contributed by atoms with Gasteiger partial charge in [0.25, 0.3) is 0 Å². The Kier molecular flexibility index (Phi) is 3.85. The van der Waals surface area contributed by atoms with Crippen molar-refractivity contribution >= 4 is 21.1 Å². The van der Waals surface area contributed by atoms with Crippen LogP contribution in [0.4, 0.5) is 4.39 Å². The lowest BCUT2D eigenvalue weighted by atomic mass is 10.2. The zero-order valence-electron chi connectivity index (χ0n) is 13.7. The van der Waals surface area contributed by atoms with Gasteiger partial charge in [0.15, 0.2) is 0 Å². The lowest BCUT2D eigenvalue weighted by molar-refractivity contribution is 0.383. The van der Waals surface area contributed by atoms with Crippen LogP contribution in [0.15, 0.2) is 47.4 Å². The largest absolute Gasteiger partial charge is 0.341 e. The fraction of sp³-hybridized carbons (Fsp3) is 0.278. The number of hydrogen-bond acceptors (Lipinski definition) is 3. The van der Waals surface area contributed by atoms with Crippen molar-refractivity contribution in [1.82, 2.24) is 14.3 Å². The van der Waals surface area contributed by atoms with Crippen LogP contribution in [-0.2, 0) is 10.0 Å². The van der Waals surface area contributed by atoms with E-state index < -0.39 is 21.9 Å². The van der Waals surface area contributed by atoms with Gasteiger partial charge in [-0.05, 0) is 49.6 Å². The molecule has 2 aromatic carbocycles. The van der Waals surface area contributed by atoms with E-state index in [4.69, 9.17) is 0 Å². The topological polar surface area (TPSA) is 66.1 Å². The highest BCUT2D eigenvalue weighted by Crippen LogP contribution is 2.36. The SMILES string of the molecule is Cc1ccc(F)c(S(=O)(=O)N2CCC[C@@H]2c2nc3ccccc3[nH]2)c1. The second-order valence-electron chi connectivity index (χ2n) is 6.35. The molecule has 1 saturated heterocycles. The second-order valence-corrected chi connectivity index (χ2v) is 8.21. The Balaban J connectivity index is 1.77. The number of para-hydroxylation sites is 2. The number of imidazole rings is 1. The van der Waals surface area contributed by atoms with Crippen LogP contribution in [0, 0.1) is 12.7 Å². The van der Waals surface area contributed by atoms with Crippen LogP contribution in [0.2, 0.25) is 0 Å². The number of aryl methyl sites for hydroxylation is 1. The van der Waals surface area contributed by atoms with E-state index in [0.29, 0.717) is 30.8 Å². The van der Waals surface area contributed by atoms with Crippen molar-refractivity contribution in [3.05, 3.63) is 59.7 Å². The van der Waals surface area contributed by atoms with Gasteiger partial charge in [-0.25, -0.2) is 17.8 Å². The summed E-state index contributed by atoms with van der Waals surface area (Å²) in [5, 5.41) is 0. The van der Waals surface area contributed by atoms with E-state index in [0.717, 1.165) is 11.0 Å². The minimum atomic E-state index is -3.93. The zero-order valence-corrected chi connectivity index (χ0v) is 14.6. The number of aromatic nitrogens is 2. The first-order valence-electron chi connectivity index (χ1n) is 8.19. The molecule has 0 aliphatic carbocycles. The van der Waals surface area contributed by atoms with Gasteiger partial charge in [-0.2, -0.15) is 4.31 Å². The minimum Gasteiger partial charge on any atom is -0.341 e. The van der Waals surface area contributed by atoms with Crippen LogP contribution in [0.5, 0.6) is 0 Å². The molecule has 0 saturated carbocycles. The Labute approximate surface area is 145 Å². The van der Waals surface area contributed by atoms with E-state index in [1.807, 2.05) is 24.3 Å². The average molecular weight is 359 g/mol. The maximum absolute atomic E-state index is 14.2. The van der Waals surface area contributed by atoms with E-state index >= 15 is 0 Å². The molecule has 0 radical (unpaired) electrons. The maximum atomic E-state index is 14.2. The first-order valence-corrected chi connectivity index (χ1v) is 9.63. The van der Waals surface area contributed by atoms with Crippen LogP contribution < -0.4 is 0 Å². The fourth-order valence-corrected chi connectivity index (χ4v) is 5.18. The van der Waals surface area contributed by atoms with Crippen LogP contribution in [0.25, 0.3) is 11.0 Å². The highest BCUT2D eigenvalue weighted by Gasteiger charge is 2.39. The maximum Gasteiger partial charge on any atom is 0.246 e. The summed E-state index contributed by atoms with van der Waals surface area (Å²) in [6.07, 6.45) is 1.38. The van der Waals surface area contributed by atoms with Crippen LogP contribution in [0.1, 0.15) is 30.3 Å². The summed E-state index contributed by atoms with van der Waals surface area (Å²) in [6, 6.07) is 11.3. The summed E-state index contributed by atoms with van der Waals surface area (Å²) >= 11 is 0. The number of fused-ring (bicyclic) bond motifs is 1. The molecule has 25 heavy (non-hydrogen) atoms. The van der Waals surface area contributed by atoms with Gasteiger partial charge in [0.1, 0.15) is 16.5 Å². The van der Waals surface area contributed by atoms with Crippen molar-refractivity contribution in [2.24, 2.45) is 0 Å². The van der Waals surface area contributed by atoms with E-state index in [2.05, 4.69) is 9.97 Å². The van der Waals surface area contributed by atoms with E-state index in [1.165, 1.54) is 16.4 Å². The van der Waals surface area contributed by atoms with Crippen LogP contribution >= 0.6 is 0 Å². The number of hydrogen-bond donors (Lipinski definition) is 1. The predicted octanol–water partition coefficient (Wildman–Crippen LogP) is 3.54. The summed E-state index contributed by atoms with van der Waals surface area (Å²) in [5.41, 5.74) is 2.37. The molecule has 0 amide bonds. The van der Waals surface area contributed by atoms with Crippen LogP contribution in [0.3, 0.4) is 0 Å². The summed E-state index contributed by atoms with van der Waals surface area (Å²) in [6.45, 7) is 2.11. The summed E-state index contributed by atoms with van der Waals surface area (Å²) in [5.74, 6) is -0.115. The van der Waals surface area contributed by atoms with Crippen molar-refractivity contribution < 1.29 is 12.8 Å². The van der Waals surface area contributed by atoms with Crippen molar-refractivity contribution in [1.29, 1.82) is 0 Å². The fourth-order valence-electron chi connectivity index (χ4n) is 3.37. The molecule has 130 valence electrons. The van der Waals surface area contributed by atoms with Gasteiger partial charge in [-0.1, -0.05) is 18.2 Å². The summed E-state index contributed by atoms with van der Waals surface area (Å²) in [7, 11) is -3.93.